The van der Waals surface area contributed by atoms with E-state index < -0.39 is 0 Å². The van der Waals surface area contributed by atoms with Crippen molar-refractivity contribution in [3.8, 4) is 0 Å². The second-order valence-corrected chi connectivity index (χ2v) is 6.55. The predicted octanol–water partition coefficient (Wildman–Crippen LogP) is 4.86. The molecule has 0 spiro atoms. The summed E-state index contributed by atoms with van der Waals surface area (Å²) in [6, 6.07) is 19.5. The monoisotopic (exact) mass is 368 g/mol. The van der Waals surface area contributed by atoms with Crippen molar-refractivity contribution >= 4 is 51.3 Å². The minimum atomic E-state index is -0.159. The van der Waals surface area contributed by atoms with Crippen LogP contribution in [0.25, 0.3) is 10.8 Å². The summed E-state index contributed by atoms with van der Waals surface area (Å²) in [4.78, 5) is 12.3. The first-order valence-corrected chi connectivity index (χ1v) is 8.66. The minimum absolute atomic E-state index is 0.159. The first-order chi connectivity index (χ1) is 12.0. The van der Waals surface area contributed by atoms with E-state index in [1.165, 1.54) is 0 Å². The van der Waals surface area contributed by atoms with Gasteiger partial charge in [0.1, 0.15) is 0 Å². The molecule has 0 aromatic heterocycles. The average Bonchev–Trinajstić information content (AvgIpc) is 2.59. The molecule has 0 saturated heterocycles. The highest BCUT2D eigenvalue weighted by Crippen LogP contribution is 2.23. The highest BCUT2D eigenvalue weighted by atomic mass is 35.5. The van der Waals surface area contributed by atoms with Crippen LogP contribution in [-0.4, -0.2) is 11.0 Å². The molecule has 0 saturated carbocycles. The molecule has 0 radical (unpaired) electrons. The fourth-order valence-corrected chi connectivity index (χ4v) is 3.09. The molecule has 0 fully saturated rings. The Labute approximate surface area is 157 Å². The Balaban J connectivity index is 1.68. The molecular weight excluding hydrogens is 352 g/mol. The number of hydrogen-bond acceptors (Lipinski definition) is 2. The Bertz CT molecular complexity index is 950. The molecule has 0 aliphatic rings. The molecule has 0 aliphatic carbocycles. The Morgan fingerprint density at radius 3 is 2.60 bits per heavy atom. The summed E-state index contributed by atoms with van der Waals surface area (Å²) >= 11 is 11.3. The number of rotatable bonds is 3. The Hall–Kier alpha value is -2.43. The number of nitrogens with one attached hydrogen (secondary N) is 2. The molecule has 0 atom stereocenters. The summed E-state index contributed by atoms with van der Waals surface area (Å²) in [5.74, 6) is -0.159. The fraction of sp³-hybridized carbons (Fsp3) is 0.100. The quantitative estimate of drug-likeness (QED) is 0.649. The van der Waals surface area contributed by atoms with Crippen LogP contribution in [0.5, 0.6) is 0 Å². The number of amides is 1. The summed E-state index contributed by atoms with van der Waals surface area (Å²) in [5.41, 5.74) is 2.63. The van der Waals surface area contributed by atoms with Crippen LogP contribution in [0.15, 0.2) is 60.7 Å². The Morgan fingerprint density at radius 1 is 1.04 bits per heavy atom. The number of fused-ring (bicyclic) bond motifs is 1. The number of hydrogen-bond donors (Lipinski definition) is 2. The van der Waals surface area contributed by atoms with Gasteiger partial charge in [-0.05, 0) is 53.2 Å². The number of carbonyl (C=O) groups excluding carboxylic acids is 1. The van der Waals surface area contributed by atoms with Crippen LogP contribution in [0.2, 0.25) is 5.02 Å². The number of anilines is 1. The van der Waals surface area contributed by atoms with E-state index in [4.69, 9.17) is 23.8 Å². The molecule has 3 nitrogen and oxygen atoms in total. The van der Waals surface area contributed by atoms with Crippen molar-refractivity contribution in [2.24, 2.45) is 0 Å². The molecule has 5 heteroatoms. The Morgan fingerprint density at radius 2 is 1.76 bits per heavy atom. The molecule has 0 heterocycles. The normalized spacial score (nSPS) is 10.5. The lowest BCUT2D eigenvalue weighted by Crippen LogP contribution is -2.35. The van der Waals surface area contributed by atoms with Crippen molar-refractivity contribution in [1.29, 1.82) is 0 Å². The van der Waals surface area contributed by atoms with Crippen LogP contribution in [0, 0.1) is 6.92 Å². The van der Waals surface area contributed by atoms with Crippen LogP contribution in [0.3, 0.4) is 0 Å². The van der Waals surface area contributed by atoms with Crippen molar-refractivity contribution in [1.82, 2.24) is 5.32 Å². The maximum Gasteiger partial charge on any atom is 0.230 e. The predicted molar refractivity (Wildman–Crippen MR) is 108 cm³/mol. The van der Waals surface area contributed by atoms with E-state index in [2.05, 4.69) is 10.6 Å². The highest BCUT2D eigenvalue weighted by molar-refractivity contribution is 7.80. The zero-order chi connectivity index (χ0) is 17.8. The fourth-order valence-electron chi connectivity index (χ4n) is 2.69. The topological polar surface area (TPSA) is 41.1 Å². The molecular formula is C20H17ClN2OS. The van der Waals surface area contributed by atoms with Crippen LogP contribution in [0.4, 0.5) is 5.69 Å². The molecule has 3 aromatic carbocycles. The maximum atomic E-state index is 12.3. The highest BCUT2D eigenvalue weighted by Gasteiger charge is 2.10. The molecule has 0 unspecified atom stereocenters. The number of halogens is 1. The van der Waals surface area contributed by atoms with Gasteiger partial charge >= 0.3 is 0 Å². The summed E-state index contributed by atoms with van der Waals surface area (Å²) in [6.07, 6.45) is 0.262. The van der Waals surface area contributed by atoms with Crippen molar-refractivity contribution in [2.45, 2.75) is 13.3 Å². The van der Waals surface area contributed by atoms with Gasteiger partial charge in [0.15, 0.2) is 5.11 Å². The van der Waals surface area contributed by atoms with Gasteiger partial charge in [0.05, 0.1) is 6.42 Å². The standard InChI is InChI=1S/C20H17ClN2OS/c1-13-17(21)10-5-11-18(13)22-20(25)23-19(24)12-15-8-4-7-14-6-2-3-9-16(14)15/h2-11H,12H2,1H3,(H2,22,23,24,25). The van der Waals surface area contributed by atoms with Crippen LogP contribution in [0.1, 0.15) is 11.1 Å². The summed E-state index contributed by atoms with van der Waals surface area (Å²) in [6.45, 7) is 1.89. The molecule has 3 rings (SSSR count). The van der Waals surface area contributed by atoms with Gasteiger partial charge in [0.25, 0.3) is 0 Å². The van der Waals surface area contributed by atoms with Gasteiger partial charge in [-0.25, -0.2) is 0 Å². The van der Waals surface area contributed by atoms with E-state index in [0.29, 0.717) is 5.02 Å². The first-order valence-electron chi connectivity index (χ1n) is 7.87. The lowest BCUT2D eigenvalue weighted by molar-refractivity contribution is -0.119. The second kappa shape index (κ2) is 7.64. The summed E-state index contributed by atoms with van der Waals surface area (Å²) in [5, 5.41) is 8.84. The van der Waals surface area contributed by atoms with E-state index in [-0.39, 0.29) is 17.4 Å². The molecule has 25 heavy (non-hydrogen) atoms. The van der Waals surface area contributed by atoms with Gasteiger partial charge in [-0.2, -0.15) is 0 Å². The molecule has 0 aliphatic heterocycles. The van der Waals surface area contributed by atoms with Crippen molar-refractivity contribution in [3.63, 3.8) is 0 Å². The first kappa shape index (κ1) is 17.4. The lowest BCUT2D eigenvalue weighted by atomic mass is 10.0. The Kier molecular flexibility index (Phi) is 5.31. The van der Waals surface area contributed by atoms with E-state index in [9.17, 15) is 4.79 Å². The average molecular weight is 369 g/mol. The number of carbonyl (C=O) groups is 1. The lowest BCUT2D eigenvalue weighted by Gasteiger charge is -2.13. The van der Waals surface area contributed by atoms with Crippen LogP contribution >= 0.6 is 23.8 Å². The van der Waals surface area contributed by atoms with Gasteiger partial charge in [-0.3, -0.25) is 4.79 Å². The van der Waals surface area contributed by atoms with Gasteiger partial charge in [-0.15, -0.1) is 0 Å². The van der Waals surface area contributed by atoms with Crippen molar-refractivity contribution in [2.75, 3.05) is 5.32 Å². The van der Waals surface area contributed by atoms with Gasteiger partial charge in [0.2, 0.25) is 5.91 Å². The molecule has 0 bridgehead atoms. The molecule has 3 aromatic rings. The third-order valence-electron chi connectivity index (χ3n) is 4.00. The third-order valence-corrected chi connectivity index (χ3v) is 4.61. The van der Waals surface area contributed by atoms with Crippen LogP contribution in [-0.2, 0) is 11.2 Å². The molecule has 1 amide bonds. The van der Waals surface area contributed by atoms with E-state index >= 15 is 0 Å². The summed E-state index contributed by atoms with van der Waals surface area (Å²) < 4.78 is 0. The third kappa shape index (κ3) is 4.16. The molecule has 2 N–H and O–H groups in total. The van der Waals surface area contributed by atoms with E-state index in [1.807, 2.05) is 67.6 Å². The van der Waals surface area contributed by atoms with Gasteiger partial charge in [-0.1, -0.05) is 60.1 Å². The maximum absolute atomic E-state index is 12.3. The van der Waals surface area contributed by atoms with E-state index in [1.54, 1.807) is 0 Å². The van der Waals surface area contributed by atoms with Crippen LogP contribution < -0.4 is 10.6 Å². The minimum Gasteiger partial charge on any atom is -0.332 e. The largest absolute Gasteiger partial charge is 0.332 e. The molecule has 126 valence electrons. The van der Waals surface area contributed by atoms with Gasteiger partial charge in [0, 0.05) is 10.7 Å². The van der Waals surface area contributed by atoms with Crippen molar-refractivity contribution in [3.05, 3.63) is 76.8 Å². The zero-order valence-electron chi connectivity index (χ0n) is 13.7. The smallest absolute Gasteiger partial charge is 0.230 e. The second-order valence-electron chi connectivity index (χ2n) is 5.73. The summed E-state index contributed by atoms with van der Waals surface area (Å²) in [7, 11) is 0. The van der Waals surface area contributed by atoms with Crippen molar-refractivity contribution < 1.29 is 4.79 Å². The number of thiocarbonyl (C=S) groups is 1. The van der Waals surface area contributed by atoms with E-state index in [0.717, 1.165) is 27.6 Å². The zero-order valence-corrected chi connectivity index (χ0v) is 15.2. The SMILES string of the molecule is Cc1c(Cl)cccc1NC(=S)NC(=O)Cc1cccc2ccccc12. The number of benzene rings is 3. The van der Waals surface area contributed by atoms with Gasteiger partial charge < -0.3 is 10.6 Å².